The molecule has 0 bridgehead atoms. The average molecular weight is 339 g/mol. The molecule has 0 N–H and O–H groups in total. The first-order valence-electron chi connectivity index (χ1n) is 8.80. The molecule has 2 saturated heterocycles. The highest BCUT2D eigenvalue weighted by Gasteiger charge is 2.50. The molecule has 1 atom stereocenters. The van der Waals surface area contributed by atoms with E-state index >= 15 is 0 Å². The third kappa shape index (κ3) is 3.29. The Morgan fingerprint density at radius 3 is 2.64 bits per heavy atom. The summed E-state index contributed by atoms with van der Waals surface area (Å²) in [6.07, 6.45) is 5.43. The Morgan fingerprint density at radius 2 is 1.84 bits per heavy atom. The monoisotopic (exact) mass is 339 g/mol. The molecule has 0 unspecified atom stereocenters. The molecule has 25 heavy (non-hydrogen) atoms. The zero-order valence-electron chi connectivity index (χ0n) is 14.2. The second-order valence-corrected chi connectivity index (χ2v) is 7.20. The molecule has 2 aliphatic rings. The second-order valence-electron chi connectivity index (χ2n) is 7.20. The quantitative estimate of drug-likeness (QED) is 0.859. The Labute approximate surface area is 147 Å². The predicted molar refractivity (Wildman–Crippen MR) is 93.0 cm³/mol. The number of carbonyl (C=O) groups excluding carboxylic acids is 1. The van der Waals surface area contributed by atoms with Gasteiger partial charge in [0.2, 0.25) is 5.91 Å². The van der Waals surface area contributed by atoms with Crippen LogP contribution in [0.15, 0.2) is 48.8 Å². The lowest BCUT2D eigenvalue weighted by Crippen LogP contribution is -2.36. The molecule has 130 valence electrons. The van der Waals surface area contributed by atoms with Crippen molar-refractivity contribution in [1.29, 1.82) is 0 Å². The molecule has 3 heterocycles. The van der Waals surface area contributed by atoms with Gasteiger partial charge >= 0.3 is 0 Å². The van der Waals surface area contributed by atoms with Crippen LogP contribution in [0, 0.1) is 11.2 Å². The third-order valence-electron chi connectivity index (χ3n) is 5.45. The highest BCUT2D eigenvalue weighted by atomic mass is 19.1. The van der Waals surface area contributed by atoms with Gasteiger partial charge in [0.1, 0.15) is 5.82 Å². The largest absolute Gasteiger partial charge is 0.338 e. The van der Waals surface area contributed by atoms with Crippen LogP contribution in [-0.4, -0.2) is 40.3 Å². The fraction of sp³-hybridized carbons (Fsp3) is 0.400. The summed E-state index contributed by atoms with van der Waals surface area (Å²) in [7, 11) is 0. The van der Waals surface area contributed by atoms with Crippen molar-refractivity contribution < 1.29 is 9.18 Å². The van der Waals surface area contributed by atoms with Crippen LogP contribution < -0.4 is 0 Å². The number of pyridine rings is 1. The van der Waals surface area contributed by atoms with Crippen LogP contribution in [0.3, 0.4) is 0 Å². The Hall–Kier alpha value is -2.27. The van der Waals surface area contributed by atoms with Crippen molar-refractivity contribution in [3.05, 3.63) is 65.7 Å². The van der Waals surface area contributed by atoms with Crippen molar-refractivity contribution in [2.45, 2.75) is 25.9 Å². The summed E-state index contributed by atoms with van der Waals surface area (Å²) in [6, 6.07) is 10.6. The molecule has 4 nitrogen and oxygen atoms in total. The van der Waals surface area contributed by atoms with Crippen LogP contribution in [0.5, 0.6) is 0 Å². The first kappa shape index (κ1) is 16.2. The number of rotatable bonds is 4. The number of carbonyl (C=O) groups is 1. The van der Waals surface area contributed by atoms with Crippen molar-refractivity contribution in [3.63, 3.8) is 0 Å². The van der Waals surface area contributed by atoms with Crippen molar-refractivity contribution in [2.75, 3.05) is 19.6 Å². The Kier molecular flexibility index (Phi) is 4.25. The van der Waals surface area contributed by atoms with E-state index in [4.69, 9.17) is 0 Å². The lowest BCUT2D eigenvalue weighted by Gasteiger charge is -2.24. The van der Waals surface area contributed by atoms with Gasteiger partial charge in [-0.3, -0.25) is 14.7 Å². The smallest absolute Gasteiger partial charge is 0.230 e. The maximum Gasteiger partial charge on any atom is 0.230 e. The van der Waals surface area contributed by atoms with E-state index in [2.05, 4.69) is 9.88 Å². The summed E-state index contributed by atoms with van der Waals surface area (Å²) in [5.74, 6) is -0.0164. The molecular formula is C20H22FN3O. The van der Waals surface area contributed by atoms with E-state index in [1.807, 2.05) is 35.5 Å². The molecule has 1 aromatic heterocycles. The van der Waals surface area contributed by atoms with Crippen molar-refractivity contribution in [3.8, 4) is 0 Å². The van der Waals surface area contributed by atoms with Crippen molar-refractivity contribution in [2.24, 2.45) is 5.41 Å². The maximum atomic E-state index is 13.4. The minimum Gasteiger partial charge on any atom is -0.338 e. The zero-order valence-corrected chi connectivity index (χ0v) is 14.2. The van der Waals surface area contributed by atoms with Gasteiger partial charge in [0.15, 0.2) is 0 Å². The van der Waals surface area contributed by atoms with Gasteiger partial charge in [-0.2, -0.15) is 0 Å². The molecule has 0 aliphatic carbocycles. The van der Waals surface area contributed by atoms with E-state index in [9.17, 15) is 9.18 Å². The molecule has 5 heteroatoms. The molecule has 1 amide bonds. The van der Waals surface area contributed by atoms with E-state index in [1.165, 1.54) is 17.7 Å². The molecule has 1 aromatic carbocycles. The van der Waals surface area contributed by atoms with Crippen LogP contribution in [0.4, 0.5) is 4.39 Å². The van der Waals surface area contributed by atoms with Gasteiger partial charge in [-0.1, -0.05) is 12.1 Å². The molecule has 2 fully saturated rings. The van der Waals surface area contributed by atoms with Crippen molar-refractivity contribution >= 4 is 5.91 Å². The number of aromatic nitrogens is 1. The number of likely N-dealkylation sites (tertiary alicyclic amines) is 2. The van der Waals surface area contributed by atoms with Crippen LogP contribution >= 0.6 is 0 Å². The van der Waals surface area contributed by atoms with Gasteiger partial charge in [0, 0.05) is 38.6 Å². The fourth-order valence-corrected chi connectivity index (χ4v) is 4.12. The molecule has 2 aromatic rings. The number of nitrogens with zero attached hydrogens (tertiary/aromatic N) is 3. The highest BCUT2D eigenvalue weighted by Crippen LogP contribution is 2.41. The molecule has 4 rings (SSSR count). The topological polar surface area (TPSA) is 36.4 Å². The van der Waals surface area contributed by atoms with Crippen LogP contribution in [0.1, 0.15) is 24.0 Å². The number of hydrogen-bond donors (Lipinski definition) is 0. The summed E-state index contributed by atoms with van der Waals surface area (Å²) in [4.78, 5) is 21.3. The minimum atomic E-state index is -0.250. The fourth-order valence-electron chi connectivity index (χ4n) is 4.12. The van der Waals surface area contributed by atoms with Crippen molar-refractivity contribution in [1.82, 2.24) is 14.8 Å². The minimum absolute atomic E-state index is 0.231. The number of benzene rings is 1. The first-order chi connectivity index (χ1) is 12.1. The molecule has 0 saturated carbocycles. The van der Waals surface area contributed by atoms with Gasteiger partial charge in [-0.25, -0.2) is 4.39 Å². The predicted octanol–water partition coefficient (Wildman–Crippen LogP) is 2.85. The SMILES string of the molecule is O=C1N(Cc2cccc(F)c2)CC[C@]12CCN(Cc1ccncc1)C2. The van der Waals surface area contributed by atoms with Gasteiger partial charge in [0.25, 0.3) is 0 Å². The lowest BCUT2D eigenvalue weighted by molar-refractivity contribution is -0.136. The number of hydrogen-bond acceptors (Lipinski definition) is 3. The van der Waals surface area contributed by atoms with Gasteiger partial charge in [-0.15, -0.1) is 0 Å². The van der Waals surface area contributed by atoms with Crippen LogP contribution in [0.2, 0.25) is 0 Å². The zero-order chi connectivity index (χ0) is 17.3. The number of amides is 1. The second kappa shape index (κ2) is 6.56. The van der Waals surface area contributed by atoms with Crippen LogP contribution in [-0.2, 0) is 17.9 Å². The summed E-state index contributed by atoms with van der Waals surface area (Å²) in [5.41, 5.74) is 1.84. The summed E-state index contributed by atoms with van der Waals surface area (Å²) in [5, 5.41) is 0. The molecule has 1 spiro atoms. The molecular weight excluding hydrogens is 317 g/mol. The van der Waals surface area contributed by atoms with Gasteiger partial charge in [0.05, 0.1) is 5.41 Å². The normalized spacial score (nSPS) is 23.7. The lowest BCUT2D eigenvalue weighted by atomic mass is 9.85. The van der Waals surface area contributed by atoms with E-state index in [-0.39, 0.29) is 17.1 Å². The Balaban J connectivity index is 1.41. The summed E-state index contributed by atoms with van der Waals surface area (Å²) < 4.78 is 13.4. The third-order valence-corrected chi connectivity index (χ3v) is 5.45. The molecule has 2 aliphatic heterocycles. The van der Waals surface area contributed by atoms with Gasteiger partial charge < -0.3 is 4.90 Å². The summed E-state index contributed by atoms with van der Waals surface area (Å²) >= 11 is 0. The Morgan fingerprint density at radius 1 is 1.04 bits per heavy atom. The summed E-state index contributed by atoms with van der Waals surface area (Å²) in [6.45, 7) is 3.89. The Bertz CT molecular complexity index is 767. The van der Waals surface area contributed by atoms with E-state index in [0.29, 0.717) is 6.54 Å². The average Bonchev–Trinajstić information content (AvgIpc) is 3.15. The number of halogens is 1. The molecule has 0 radical (unpaired) electrons. The standard InChI is InChI=1S/C20H22FN3O/c21-18-3-1-2-17(12-18)14-24-11-7-20(19(24)25)6-10-23(15-20)13-16-4-8-22-9-5-16/h1-5,8-9,12H,6-7,10-11,13-15H2/t20-/m0/s1. The van der Waals surface area contributed by atoms with E-state index < -0.39 is 0 Å². The van der Waals surface area contributed by atoms with Gasteiger partial charge in [-0.05, 0) is 54.8 Å². The maximum absolute atomic E-state index is 13.4. The van der Waals surface area contributed by atoms with Crippen LogP contribution in [0.25, 0.3) is 0 Å². The van der Waals surface area contributed by atoms with E-state index in [0.717, 1.165) is 44.6 Å². The van der Waals surface area contributed by atoms with E-state index in [1.54, 1.807) is 6.07 Å². The highest BCUT2D eigenvalue weighted by molar-refractivity contribution is 5.85. The first-order valence-corrected chi connectivity index (χ1v) is 8.80.